The van der Waals surface area contributed by atoms with Gasteiger partial charge in [-0.3, -0.25) is 4.79 Å². The van der Waals surface area contributed by atoms with Gasteiger partial charge < -0.3 is 14.4 Å². The van der Waals surface area contributed by atoms with Crippen molar-refractivity contribution in [3.8, 4) is 5.75 Å². The molecule has 2 heterocycles. The average Bonchev–Trinajstić information content (AvgIpc) is 3.16. The van der Waals surface area contributed by atoms with Crippen LogP contribution in [-0.2, 0) is 16.0 Å². The van der Waals surface area contributed by atoms with E-state index < -0.39 is 0 Å². The summed E-state index contributed by atoms with van der Waals surface area (Å²) in [5, 5.41) is 0. The predicted octanol–water partition coefficient (Wildman–Crippen LogP) is 3.44. The quantitative estimate of drug-likeness (QED) is 0.801. The van der Waals surface area contributed by atoms with E-state index in [-0.39, 0.29) is 12.0 Å². The SMILES string of the molecule is CCOc1ccc(CCC2CCN(C(=O)C3CCCO3)CC2)cc1. The maximum absolute atomic E-state index is 12.4. The van der Waals surface area contributed by atoms with E-state index in [0.29, 0.717) is 6.61 Å². The second-order valence-corrected chi connectivity index (χ2v) is 6.89. The first-order valence-corrected chi connectivity index (χ1v) is 9.38. The second kappa shape index (κ2) is 8.52. The third kappa shape index (κ3) is 4.50. The van der Waals surface area contributed by atoms with Crippen LogP contribution in [0.4, 0.5) is 0 Å². The zero-order chi connectivity index (χ0) is 16.8. The molecule has 0 aromatic heterocycles. The lowest BCUT2D eigenvalue weighted by molar-refractivity contribution is -0.142. The van der Waals surface area contributed by atoms with Crippen molar-refractivity contribution in [2.45, 2.75) is 51.6 Å². The molecule has 0 radical (unpaired) electrons. The maximum Gasteiger partial charge on any atom is 0.251 e. The lowest BCUT2D eigenvalue weighted by Crippen LogP contribution is -2.43. The summed E-state index contributed by atoms with van der Waals surface area (Å²) < 4.78 is 11.0. The Morgan fingerprint density at radius 2 is 1.96 bits per heavy atom. The van der Waals surface area contributed by atoms with E-state index in [4.69, 9.17) is 9.47 Å². The molecule has 4 nitrogen and oxygen atoms in total. The molecule has 0 N–H and O–H groups in total. The minimum Gasteiger partial charge on any atom is -0.494 e. The Balaban J connectivity index is 1.39. The second-order valence-electron chi connectivity index (χ2n) is 6.89. The number of nitrogens with zero attached hydrogens (tertiary/aromatic N) is 1. The molecule has 0 spiro atoms. The average molecular weight is 331 g/mol. The summed E-state index contributed by atoms with van der Waals surface area (Å²) in [6, 6.07) is 8.45. The van der Waals surface area contributed by atoms with Crippen molar-refractivity contribution < 1.29 is 14.3 Å². The molecule has 1 aromatic rings. The molecule has 2 saturated heterocycles. The van der Waals surface area contributed by atoms with Crippen LogP contribution in [0.1, 0.15) is 44.6 Å². The highest BCUT2D eigenvalue weighted by atomic mass is 16.5. The first kappa shape index (κ1) is 17.3. The Morgan fingerprint density at radius 1 is 1.21 bits per heavy atom. The number of hydrogen-bond acceptors (Lipinski definition) is 3. The van der Waals surface area contributed by atoms with Gasteiger partial charge in [-0.1, -0.05) is 12.1 Å². The molecule has 0 saturated carbocycles. The van der Waals surface area contributed by atoms with E-state index in [1.165, 1.54) is 12.0 Å². The van der Waals surface area contributed by atoms with E-state index in [0.717, 1.165) is 63.5 Å². The fourth-order valence-electron chi connectivity index (χ4n) is 3.71. The van der Waals surface area contributed by atoms with Crippen LogP contribution in [-0.4, -0.2) is 43.2 Å². The van der Waals surface area contributed by atoms with Crippen molar-refractivity contribution in [2.24, 2.45) is 5.92 Å². The van der Waals surface area contributed by atoms with Gasteiger partial charge in [0.25, 0.3) is 5.91 Å². The molecular formula is C20H29NO3. The summed E-state index contributed by atoms with van der Waals surface area (Å²) in [5.74, 6) is 1.89. The highest BCUT2D eigenvalue weighted by Gasteiger charge is 2.30. The monoisotopic (exact) mass is 331 g/mol. The van der Waals surface area contributed by atoms with E-state index in [1.54, 1.807) is 0 Å². The summed E-state index contributed by atoms with van der Waals surface area (Å²) >= 11 is 0. The van der Waals surface area contributed by atoms with Gasteiger partial charge in [0.2, 0.25) is 0 Å². The molecule has 0 aliphatic carbocycles. The number of piperidine rings is 1. The lowest BCUT2D eigenvalue weighted by atomic mass is 9.90. The molecule has 1 aromatic carbocycles. The minimum absolute atomic E-state index is 0.162. The van der Waals surface area contributed by atoms with E-state index in [1.807, 2.05) is 11.8 Å². The van der Waals surface area contributed by atoms with Crippen molar-refractivity contribution >= 4 is 5.91 Å². The minimum atomic E-state index is -0.162. The van der Waals surface area contributed by atoms with Crippen molar-refractivity contribution in [1.82, 2.24) is 4.90 Å². The van der Waals surface area contributed by atoms with Gasteiger partial charge in [-0.2, -0.15) is 0 Å². The largest absolute Gasteiger partial charge is 0.494 e. The molecule has 1 amide bonds. The number of carbonyl (C=O) groups excluding carboxylic acids is 1. The van der Waals surface area contributed by atoms with Gasteiger partial charge in [0, 0.05) is 19.7 Å². The van der Waals surface area contributed by atoms with Gasteiger partial charge in [-0.15, -0.1) is 0 Å². The number of hydrogen-bond donors (Lipinski definition) is 0. The van der Waals surface area contributed by atoms with Crippen molar-refractivity contribution in [3.63, 3.8) is 0 Å². The summed E-state index contributed by atoms with van der Waals surface area (Å²) in [6.45, 7) is 5.25. The van der Waals surface area contributed by atoms with Gasteiger partial charge in [0.1, 0.15) is 11.9 Å². The summed E-state index contributed by atoms with van der Waals surface area (Å²) in [6.07, 6.45) is 6.31. The number of aryl methyl sites for hydroxylation is 1. The summed E-state index contributed by atoms with van der Waals surface area (Å²) in [4.78, 5) is 14.4. The van der Waals surface area contributed by atoms with Gasteiger partial charge in [0.05, 0.1) is 6.61 Å². The highest BCUT2D eigenvalue weighted by Crippen LogP contribution is 2.25. The third-order valence-corrected chi connectivity index (χ3v) is 5.21. The van der Waals surface area contributed by atoms with Gasteiger partial charge in [-0.25, -0.2) is 0 Å². The lowest BCUT2D eigenvalue weighted by Gasteiger charge is -2.33. The Labute approximate surface area is 145 Å². The normalized spacial score (nSPS) is 21.9. The molecule has 2 aliphatic rings. The third-order valence-electron chi connectivity index (χ3n) is 5.21. The molecule has 0 bridgehead atoms. The van der Waals surface area contributed by atoms with Gasteiger partial charge in [0.15, 0.2) is 0 Å². The highest BCUT2D eigenvalue weighted by molar-refractivity contribution is 5.81. The number of likely N-dealkylation sites (tertiary alicyclic amines) is 1. The van der Waals surface area contributed by atoms with Crippen LogP contribution in [0.15, 0.2) is 24.3 Å². The van der Waals surface area contributed by atoms with Crippen molar-refractivity contribution in [3.05, 3.63) is 29.8 Å². The van der Waals surface area contributed by atoms with Crippen molar-refractivity contribution in [2.75, 3.05) is 26.3 Å². The zero-order valence-electron chi connectivity index (χ0n) is 14.7. The molecule has 2 fully saturated rings. The number of ether oxygens (including phenoxy) is 2. The van der Waals surface area contributed by atoms with Crippen LogP contribution < -0.4 is 4.74 Å². The number of amides is 1. The van der Waals surface area contributed by atoms with Crippen LogP contribution in [0, 0.1) is 5.92 Å². The van der Waals surface area contributed by atoms with E-state index in [9.17, 15) is 4.79 Å². The fourth-order valence-corrected chi connectivity index (χ4v) is 3.71. The van der Waals surface area contributed by atoms with Gasteiger partial charge >= 0.3 is 0 Å². The molecule has 4 heteroatoms. The van der Waals surface area contributed by atoms with Crippen LogP contribution in [0.5, 0.6) is 5.75 Å². The molecule has 2 aliphatic heterocycles. The van der Waals surface area contributed by atoms with Crippen LogP contribution in [0.3, 0.4) is 0 Å². The molecule has 132 valence electrons. The Bertz CT molecular complexity index is 514. The fraction of sp³-hybridized carbons (Fsp3) is 0.650. The number of carbonyl (C=O) groups is 1. The molecule has 3 rings (SSSR count). The number of rotatable bonds is 6. The predicted molar refractivity (Wildman–Crippen MR) is 94.2 cm³/mol. The topological polar surface area (TPSA) is 38.8 Å². The van der Waals surface area contributed by atoms with E-state index >= 15 is 0 Å². The Hall–Kier alpha value is -1.55. The van der Waals surface area contributed by atoms with Crippen LogP contribution in [0.25, 0.3) is 0 Å². The summed E-state index contributed by atoms with van der Waals surface area (Å²) in [5.41, 5.74) is 1.37. The van der Waals surface area contributed by atoms with Crippen molar-refractivity contribution in [1.29, 1.82) is 0 Å². The molecular weight excluding hydrogens is 302 g/mol. The molecule has 1 unspecified atom stereocenters. The smallest absolute Gasteiger partial charge is 0.251 e. The maximum atomic E-state index is 12.4. The first-order chi connectivity index (χ1) is 11.8. The number of benzene rings is 1. The zero-order valence-corrected chi connectivity index (χ0v) is 14.7. The van der Waals surface area contributed by atoms with Crippen LogP contribution >= 0.6 is 0 Å². The standard InChI is InChI=1S/C20H29NO3/c1-2-23-18-9-7-16(8-10-18)5-6-17-11-13-21(14-12-17)20(22)19-4-3-15-24-19/h7-10,17,19H,2-6,11-15H2,1H3. The molecule has 1 atom stereocenters. The Morgan fingerprint density at radius 3 is 2.58 bits per heavy atom. The Kier molecular flexibility index (Phi) is 6.13. The van der Waals surface area contributed by atoms with E-state index in [2.05, 4.69) is 24.3 Å². The first-order valence-electron chi connectivity index (χ1n) is 9.38. The van der Waals surface area contributed by atoms with Gasteiger partial charge in [-0.05, 0) is 69.1 Å². The van der Waals surface area contributed by atoms with Crippen LogP contribution in [0.2, 0.25) is 0 Å². The molecule has 24 heavy (non-hydrogen) atoms. The summed E-state index contributed by atoms with van der Waals surface area (Å²) in [7, 11) is 0.